The average Bonchev–Trinajstić information content (AvgIpc) is 3.17. The molecule has 1 unspecified atom stereocenters. The van der Waals surface area contributed by atoms with Crippen molar-refractivity contribution in [2.75, 3.05) is 5.73 Å². The number of amides is 1. The Labute approximate surface area is 191 Å². The summed E-state index contributed by atoms with van der Waals surface area (Å²) >= 11 is 16.2. The summed E-state index contributed by atoms with van der Waals surface area (Å²) in [6.45, 7) is 1.50. The van der Waals surface area contributed by atoms with Gasteiger partial charge in [0, 0.05) is 23.9 Å². The molecule has 0 spiro atoms. The molecule has 0 saturated carbocycles. The smallest absolute Gasteiger partial charge is 0.240 e. The van der Waals surface area contributed by atoms with E-state index in [4.69, 9.17) is 28.9 Å². The fraction of sp³-hybridized carbons (Fsp3) is 0.130. The Morgan fingerprint density at radius 2 is 1.70 bits per heavy atom. The first-order chi connectivity index (χ1) is 14.3. The molecule has 0 bridgehead atoms. The lowest BCUT2D eigenvalue weighted by Crippen LogP contribution is -2.24. The van der Waals surface area contributed by atoms with Gasteiger partial charge in [-0.15, -0.1) is 12.6 Å². The van der Waals surface area contributed by atoms with Gasteiger partial charge in [-0.3, -0.25) is 4.79 Å². The van der Waals surface area contributed by atoms with E-state index in [1.54, 1.807) is 12.1 Å². The van der Waals surface area contributed by atoms with Crippen LogP contribution in [0.25, 0.3) is 0 Å². The van der Waals surface area contributed by atoms with Crippen LogP contribution in [0.15, 0.2) is 82.8 Å². The maximum absolute atomic E-state index is 12.0. The van der Waals surface area contributed by atoms with E-state index in [2.05, 4.69) is 17.7 Å². The van der Waals surface area contributed by atoms with Gasteiger partial charge in [-0.05, 0) is 47.5 Å². The SMILES string of the molecule is CC(=O)N1N=C(c2ccc(N)cc2)CC1c1ccc(Cl)c(Cl)c1.Sc1ccccc1. The van der Waals surface area contributed by atoms with Crippen LogP contribution in [0.3, 0.4) is 0 Å². The minimum Gasteiger partial charge on any atom is -0.399 e. The third-order valence-corrected chi connectivity index (χ3v) is 5.60. The largest absolute Gasteiger partial charge is 0.399 e. The number of hydrogen-bond acceptors (Lipinski definition) is 4. The van der Waals surface area contributed by atoms with Crippen molar-refractivity contribution in [2.24, 2.45) is 5.10 Å². The van der Waals surface area contributed by atoms with E-state index in [1.807, 2.05) is 60.7 Å². The van der Waals surface area contributed by atoms with Crippen LogP contribution in [0.4, 0.5) is 5.69 Å². The topological polar surface area (TPSA) is 58.7 Å². The molecule has 0 fully saturated rings. The van der Waals surface area contributed by atoms with Gasteiger partial charge in [0.2, 0.25) is 5.91 Å². The van der Waals surface area contributed by atoms with Crippen molar-refractivity contribution in [1.82, 2.24) is 5.01 Å². The molecular formula is C23H21Cl2N3OS. The predicted octanol–water partition coefficient (Wildman–Crippen LogP) is 6.25. The molecule has 3 aromatic carbocycles. The number of carbonyl (C=O) groups is 1. The van der Waals surface area contributed by atoms with E-state index < -0.39 is 0 Å². The first-order valence-corrected chi connectivity index (χ1v) is 10.5. The number of hydrazone groups is 1. The summed E-state index contributed by atoms with van der Waals surface area (Å²) in [7, 11) is 0. The number of nitrogens with zero attached hydrogens (tertiary/aromatic N) is 2. The average molecular weight is 458 g/mol. The first kappa shape index (κ1) is 22.2. The van der Waals surface area contributed by atoms with E-state index in [0.717, 1.165) is 21.7 Å². The van der Waals surface area contributed by atoms with Crippen LogP contribution in [0.1, 0.15) is 30.5 Å². The Kier molecular flexibility index (Phi) is 7.43. The van der Waals surface area contributed by atoms with Gasteiger partial charge in [-0.2, -0.15) is 5.10 Å². The van der Waals surface area contributed by atoms with Crippen molar-refractivity contribution in [3.8, 4) is 0 Å². The summed E-state index contributed by atoms with van der Waals surface area (Å²) in [6.07, 6.45) is 0.613. The molecule has 1 aliphatic heterocycles. The van der Waals surface area contributed by atoms with Crippen LogP contribution in [0.2, 0.25) is 10.0 Å². The van der Waals surface area contributed by atoms with Gasteiger partial charge in [0.1, 0.15) is 0 Å². The number of hydrogen-bond donors (Lipinski definition) is 2. The van der Waals surface area contributed by atoms with Crippen LogP contribution in [-0.4, -0.2) is 16.6 Å². The van der Waals surface area contributed by atoms with Gasteiger partial charge < -0.3 is 5.73 Å². The van der Waals surface area contributed by atoms with Crippen molar-refractivity contribution >= 4 is 53.1 Å². The van der Waals surface area contributed by atoms with Crippen LogP contribution in [0.5, 0.6) is 0 Å². The standard InChI is InChI=1S/C17H15Cl2N3O.C6H6S/c1-10(23)22-17(12-4-7-14(18)15(19)8-12)9-16(21-22)11-2-5-13(20)6-3-11;7-6-4-2-1-3-5-6/h2-8,17H,9,20H2,1H3;1-5,7H. The second kappa shape index (κ2) is 10.0. The summed E-state index contributed by atoms with van der Waals surface area (Å²) in [6, 6.07) is 22.4. The number of nitrogens with two attached hydrogens (primary N) is 1. The highest BCUT2D eigenvalue weighted by Crippen LogP contribution is 2.35. The number of benzene rings is 3. The number of carbonyl (C=O) groups excluding carboxylic acids is 1. The minimum absolute atomic E-state index is 0.119. The molecule has 1 heterocycles. The molecule has 4 rings (SSSR count). The molecular weight excluding hydrogens is 437 g/mol. The van der Waals surface area contributed by atoms with Gasteiger partial charge in [0.15, 0.2) is 0 Å². The van der Waals surface area contributed by atoms with Crippen molar-refractivity contribution in [3.63, 3.8) is 0 Å². The number of halogens is 2. The third-order valence-electron chi connectivity index (χ3n) is 4.56. The van der Waals surface area contributed by atoms with Crippen molar-refractivity contribution in [2.45, 2.75) is 24.3 Å². The molecule has 1 amide bonds. The van der Waals surface area contributed by atoms with E-state index in [-0.39, 0.29) is 11.9 Å². The lowest BCUT2D eigenvalue weighted by molar-refractivity contribution is -0.130. The number of thiol groups is 1. The molecule has 0 saturated heterocycles. The van der Waals surface area contributed by atoms with E-state index in [0.29, 0.717) is 22.2 Å². The highest BCUT2D eigenvalue weighted by Gasteiger charge is 2.31. The van der Waals surface area contributed by atoms with E-state index >= 15 is 0 Å². The molecule has 2 N–H and O–H groups in total. The highest BCUT2D eigenvalue weighted by atomic mass is 35.5. The van der Waals surface area contributed by atoms with E-state index in [9.17, 15) is 4.79 Å². The van der Waals surface area contributed by atoms with Gasteiger partial charge in [0.05, 0.1) is 21.8 Å². The summed E-state index contributed by atoms with van der Waals surface area (Å²) < 4.78 is 0. The molecule has 0 aromatic heterocycles. The Morgan fingerprint density at radius 1 is 1.03 bits per heavy atom. The van der Waals surface area contributed by atoms with Crippen molar-refractivity contribution in [1.29, 1.82) is 0 Å². The minimum atomic E-state index is -0.185. The molecule has 1 atom stereocenters. The lowest BCUT2D eigenvalue weighted by Gasteiger charge is -2.20. The number of anilines is 1. The summed E-state index contributed by atoms with van der Waals surface area (Å²) in [4.78, 5) is 13.0. The molecule has 30 heavy (non-hydrogen) atoms. The fourth-order valence-corrected chi connectivity index (χ4v) is 3.54. The zero-order chi connectivity index (χ0) is 21.7. The van der Waals surface area contributed by atoms with Gasteiger partial charge in [-0.1, -0.05) is 59.6 Å². The van der Waals surface area contributed by atoms with Gasteiger partial charge in [-0.25, -0.2) is 5.01 Å². The molecule has 4 nitrogen and oxygen atoms in total. The normalized spacial score (nSPS) is 15.3. The molecule has 0 radical (unpaired) electrons. The number of nitrogen functional groups attached to an aromatic ring is 1. The van der Waals surface area contributed by atoms with Gasteiger partial charge >= 0.3 is 0 Å². The third kappa shape index (κ3) is 5.57. The monoisotopic (exact) mass is 457 g/mol. The maximum atomic E-state index is 12.0. The van der Waals surface area contributed by atoms with Crippen LogP contribution in [-0.2, 0) is 4.79 Å². The summed E-state index contributed by atoms with van der Waals surface area (Å²) in [5.74, 6) is -0.119. The van der Waals surface area contributed by atoms with Crippen molar-refractivity contribution < 1.29 is 4.79 Å². The second-order valence-corrected chi connectivity index (χ2v) is 8.09. The van der Waals surface area contributed by atoms with Crippen LogP contribution >= 0.6 is 35.8 Å². The molecule has 3 aromatic rings. The van der Waals surface area contributed by atoms with E-state index in [1.165, 1.54) is 11.9 Å². The number of rotatable bonds is 2. The maximum Gasteiger partial charge on any atom is 0.240 e. The predicted molar refractivity (Wildman–Crippen MR) is 127 cm³/mol. The molecule has 7 heteroatoms. The first-order valence-electron chi connectivity index (χ1n) is 9.27. The van der Waals surface area contributed by atoms with Crippen LogP contribution in [0, 0.1) is 0 Å². The van der Waals surface area contributed by atoms with Gasteiger partial charge in [0.25, 0.3) is 0 Å². The lowest BCUT2D eigenvalue weighted by atomic mass is 9.98. The van der Waals surface area contributed by atoms with Crippen LogP contribution < -0.4 is 5.73 Å². The highest BCUT2D eigenvalue weighted by molar-refractivity contribution is 7.80. The fourth-order valence-electron chi connectivity index (χ4n) is 3.06. The quantitative estimate of drug-likeness (QED) is 0.352. The van der Waals surface area contributed by atoms with Crippen molar-refractivity contribution in [3.05, 3.63) is 94.0 Å². The summed E-state index contributed by atoms with van der Waals surface area (Å²) in [5, 5.41) is 6.93. The Bertz CT molecular complexity index is 1060. The Balaban J connectivity index is 0.000000310. The Morgan fingerprint density at radius 3 is 2.23 bits per heavy atom. The molecule has 154 valence electrons. The zero-order valence-corrected chi connectivity index (χ0v) is 18.7. The molecule has 1 aliphatic rings. The summed E-state index contributed by atoms with van der Waals surface area (Å²) in [5.41, 5.74) is 9.11. The second-order valence-electron chi connectivity index (χ2n) is 6.76. The molecule has 0 aliphatic carbocycles. The zero-order valence-electron chi connectivity index (χ0n) is 16.3. The Hall–Kier alpha value is -2.47.